The second-order valence-electron chi connectivity index (χ2n) is 5.34. The molecule has 1 aromatic heterocycles. The van der Waals surface area contributed by atoms with E-state index < -0.39 is 0 Å². The molecular formula is C19H17ClN2O2S. The van der Waals surface area contributed by atoms with E-state index in [9.17, 15) is 4.79 Å². The summed E-state index contributed by atoms with van der Waals surface area (Å²) in [6, 6.07) is 15.2. The van der Waals surface area contributed by atoms with Crippen LogP contribution in [-0.2, 0) is 6.42 Å². The summed E-state index contributed by atoms with van der Waals surface area (Å²) in [5.41, 5.74) is 2.49. The Kier molecular flexibility index (Phi) is 5.68. The molecule has 0 aliphatic heterocycles. The van der Waals surface area contributed by atoms with Gasteiger partial charge in [0.1, 0.15) is 10.8 Å². The highest BCUT2D eigenvalue weighted by atomic mass is 35.5. The van der Waals surface area contributed by atoms with E-state index >= 15 is 0 Å². The van der Waals surface area contributed by atoms with Crippen LogP contribution in [0, 0.1) is 0 Å². The van der Waals surface area contributed by atoms with Gasteiger partial charge in [-0.3, -0.25) is 4.79 Å². The van der Waals surface area contributed by atoms with Crippen molar-refractivity contribution in [3.63, 3.8) is 0 Å². The van der Waals surface area contributed by atoms with E-state index in [1.165, 1.54) is 7.11 Å². The van der Waals surface area contributed by atoms with E-state index in [2.05, 4.69) is 10.3 Å². The molecule has 0 fully saturated rings. The molecule has 1 heterocycles. The van der Waals surface area contributed by atoms with Crippen LogP contribution in [0.25, 0.3) is 10.6 Å². The van der Waals surface area contributed by atoms with Crippen molar-refractivity contribution in [2.75, 3.05) is 13.7 Å². The summed E-state index contributed by atoms with van der Waals surface area (Å²) in [5.74, 6) is 0.180. The zero-order valence-electron chi connectivity index (χ0n) is 13.7. The summed E-state index contributed by atoms with van der Waals surface area (Å²) in [4.78, 5) is 16.9. The monoisotopic (exact) mass is 372 g/mol. The maximum absolute atomic E-state index is 12.3. The first-order valence-corrected chi connectivity index (χ1v) is 9.05. The van der Waals surface area contributed by atoms with Crippen molar-refractivity contribution in [3.05, 3.63) is 70.2 Å². The van der Waals surface area contributed by atoms with Crippen LogP contribution in [-0.4, -0.2) is 24.5 Å². The lowest BCUT2D eigenvalue weighted by atomic mass is 10.2. The number of aromatic nitrogens is 1. The second-order valence-corrected chi connectivity index (χ2v) is 6.60. The summed E-state index contributed by atoms with van der Waals surface area (Å²) in [5, 5.41) is 6.31. The van der Waals surface area contributed by atoms with Crippen molar-refractivity contribution in [2.45, 2.75) is 6.42 Å². The molecule has 0 saturated carbocycles. The van der Waals surface area contributed by atoms with Crippen LogP contribution in [0.4, 0.5) is 0 Å². The quantitative estimate of drug-likeness (QED) is 0.695. The fourth-order valence-corrected chi connectivity index (χ4v) is 3.54. The minimum atomic E-state index is -0.210. The lowest BCUT2D eigenvalue weighted by molar-refractivity contribution is 0.0951. The van der Waals surface area contributed by atoms with Gasteiger partial charge < -0.3 is 10.1 Å². The lowest BCUT2D eigenvalue weighted by Gasteiger charge is -2.10. The molecule has 3 rings (SSSR count). The number of nitrogens with zero attached hydrogens (tertiary/aromatic N) is 1. The molecule has 0 saturated heterocycles. The third kappa shape index (κ3) is 4.18. The molecular weight excluding hydrogens is 356 g/mol. The maximum atomic E-state index is 12.3. The van der Waals surface area contributed by atoms with Gasteiger partial charge in [0.15, 0.2) is 0 Å². The third-order valence-corrected chi connectivity index (χ3v) is 4.89. The highest BCUT2D eigenvalue weighted by molar-refractivity contribution is 7.13. The topological polar surface area (TPSA) is 51.2 Å². The Morgan fingerprint density at radius 3 is 2.76 bits per heavy atom. The second kappa shape index (κ2) is 8.14. The number of hydrogen-bond acceptors (Lipinski definition) is 4. The Hall–Kier alpha value is -2.37. The minimum absolute atomic E-state index is 0.210. The normalized spacial score (nSPS) is 10.5. The largest absolute Gasteiger partial charge is 0.494 e. The highest BCUT2D eigenvalue weighted by Gasteiger charge is 2.14. The van der Waals surface area contributed by atoms with Crippen molar-refractivity contribution in [3.8, 4) is 16.3 Å². The van der Waals surface area contributed by atoms with Crippen molar-refractivity contribution >= 4 is 28.8 Å². The van der Waals surface area contributed by atoms with Gasteiger partial charge in [-0.15, -0.1) is 11.3 Å². The van der Waals surface area contributed by atoms with E-state index in [1.807, 2.05) is 35.7 Å². The van der Waals surface area contributed by atoms with Crippen molar-refractivity contribution in [1.29, 1.82) is 0 Å². The molecule has 0 unspecified atom stereocenters. The number of ether oxygens (including phenoxy) is 1. The van der Waals surface area contributed by atoms with E-state index in [-0.39, 0.29) is 5.91 Å². The number of benzene rings is 2. The zero-order chi connectivity index (χ0) is 17.6. The lowest BCUT2D eigenvalue weighted by Crippen LogP contribution is -2.26. The predicted molar refractivity (Wildman–Crippen MR) is 102 cm³/mol. The maximum Gasteiger partial charge on any atom is 0.255 e. The standard InChI is InChI=1S/C19H17ClN2O2S/c1-24-17-15(8-5-9-16(17)20)18(23)21-11-10-14-12-25-19(22-14)13-6-3-2-4-7-13/h2-9,12H,10-11H2,1H3,(H,21,23). The molecule has 6 heteroatoms. The SMILES string of the molecule is COc1c(Cl)cccc1C(=O)NCCc1csc(-c2ccccc2)n1. The van der Waals surface area contributed by atoms with Crippen LogP contribution in [0.1, 0.15) is 16.1 Å². The van der Waals surface area contributed by atoms with Gasteiger partial charge in [0.25, 0.3) is 5.91 Å². The molecule has 0 aliphatic rings. The molecule has 0 bridgehead atoms. The molecule has 128 valence electrons. The average Bonchev–Trinajstić information content (AvgIpc) is 3.11. The zero-order valence-corrected chi connectivity index (χ0v) is 15.2. The van der Waals surface area contributed by atoms with Crippen molar-refractivity contribution < 1.29 is 9.53 Å². The number of rotatable bonds is 6. The van der Waals surface area contributed by atoms with Crippen LogP contribution in [0.5, 0.6) is 5.75 Å². The fraction of sp³-hybridized carbons (Fsp3) is 0.158. The van der Waals surface area contributed by atoms with Crippen molar-refractivity contribution in [2.24, 2.45) is 0 Å². The Balaban J connectivity index is 1.59. The van der Waals surface area contributed by atoms with Gasteiger partial charge in [0.2, 0.25) is 0 Å². The summed E-state index contributed by atoms with van der Waals surface area (Å²) < 4.78 is 5.21. The number of carbonyl (C=O) groups excluding carboxylic acids is 1. The van der Waals surface area contributed by atoms with E-state index in [0.29, 0.717) is 29.3 Å². The number of thiazole rings is 1. The van der Waals surface area contributed by atoms with Gasteiger partial charge in [-0.05, 0) is 12.1 Å². The molecule has 0 atom stereocenters. The van der Waals surface area contributed by atoms with Crippen molar-refractivity contribution in [1.82, 2.24) is 10.3 Å². The van der Waals surface area contributed by atoms with Crippen LogP contribution in [0.2, 0.25) is 5.02 Å². The molecule has 1 amide bonds. The average molecular weight is 373 g/mol. The fourth-order valence-electron chi connectivity index (χ4n) is 2.43. The molecule has 2 aromatic carbocycles. The van der Waals surface area contributed by atoms with Gasteiger partial charge in [-0.2, -0.15) is 0 Å². The number of para-hydroxylation sites is 1. The van der Waals surface area contributed by atoms with Gasteiger partial charge in [0, 0.05) is 23.9 Å². The van der Waals surface area contributed by atoms with Crippen LogP contribution >= 0.6 is 22.9 Å². The molecule has 4 nitrogen and oxygen atoms in total. The number of carbonyl (C=O) groups is 1. The Morgan fingerprint density at radius 1 is 1.20 bits per heavy atom. The molecule has 0 radical (unpaired) electrons. The third-order valence-electron chi connectivity index (χ3n) is 3.65. The smallest absolute Gasteiger partial charge is 0.255 e. The summed E-state index contributed by atoms with van der Waals surface area (Å²) in [6.45, 7) is 0.493. The molecule has 3 aromatic rings. The van der Waals surface area contributed by atoms with E-state index in [0.717, 1.165) is 16.3 Å². The van der Waals surface area contributed by atoms with E-state index in [1.54, 1.807) is 29.5 Å². The minimum Gasteiger partial charge on any atom is -0.494 e. The number of halogens is 1. The highest BCUT2D eigenvalue weighted by Crippen LogP contribution is 2.28. The van der Waals surface area contributed by atoms with Crippen LogP contribution in [0.15, 0.2) is 53.9 Å². The molecule has 0 spiro atoms. The molecule has 0 aliphatic carbocycles. The van der Waals surface area contributed by atoms with Gasteiger partial charge in [-0.25, -0.2) is 4.98 Å². The Bertz CT molecular complexity index is 865. The van der Waals surface area contributed by atoms with Gasteiger partial charge >= 0.3 is 0 Å². The first-order chi connectivity index (χ1) is 12.2. The van der Waals surface area contributed by atoms with E-state index in [4.69, 9.17) is 16.3 Å². The first kappa shape index (κ1) is 17.5. The summed E-state index contributed by atoms with van der Waals surface area (Å²) >= 11 is 7.66. The van der Waals surface area contributed by atoms with Gasteiger partial charge in [-0.1, -0.05) is 48.0 Å². The van der Waals surface area contributed by atoms with Gasteiger partial charge in [0.05, 0.1) is 23.4 Å². The van der Waals surface area contributed by atoms with Crippen LogP contribution in [0.3, 0.4) is 0 Å². The summed E-state index contributed by atoms with van der Waals surface area (Å²) in [7, 11) is 1.50. The first-order valence-electron chi connectivity index (χ1n) is 7.79. The molecule has 1 N–H and O–H groups in total. The predicted octanol–water partition coefficient (Wildman–Crippen LogP) is 4.44. The number of methoxy groups -OCH3 is 1. The Morgan fingerprint density at radius 2 is 2.00 bits per heavy atom. The number of amides is 1. The summed E-state index contributed by atoms with van der Waals surface area (Å²) in [6.07, 6.45) is 0.665. The number of hydrogen-bond donors (Lipinski definition) is 1. The van der Waals surface area contributed by atoms with Crippen LogP contribution < -0.4 is 10.1 Å². The Labute approximate surface area is 155 Å². The molecule has 25 heavy (non-hydrogen) atoms. The number of nitrogens with one attached hydrogen (secondary N) is 1.